The van der Waals surface area contributed by atoms with Crippen molar-refractivity contribution < 1.29 is 5.11 Å². The summed E-state index contributed by atoms with van der Waals surface area (Å²) in [6.45, 7) is 7.35. The third kappa shape index (κ3) is 4.38. The number of nitrogens with zero attached hydrogens (tertiary/aromatic N) is 2. The molecule has 1 saturated heterocycles. The van der Waals surface area contributed by atoms with Crippen molar-refractivity contribution in [1.29, 1.82) is 0 Å². The van der Waals surface area contributed by atoms with Crippen LogP contribution in [0.15, 0.2) is 24.3 Å². The summed E-state index contributed by atoms with van der Waals surface area (Å²) in [5.74, 6) is 1.70. The number of likely N-dealkylation sites (tertiary alicyclic amines) is 1. The van der Waals surface area contributed by atoms with Gasteiger partial charge in [0.2, 0.25) is 0 Å². The summed E-state index contributed by atoms with van der Waals surface area (Å²) in [6, 6.07) is 9.83. The lowest BCUT2D eigenvalue weighted by Gasteiger charge is -2.41. The van der Waals surface area contributed by atoms with Gasteiger partial charge in [-0.15, -0.1) is 0 Å². The van der Waals surface area contributed by atoms with E-state index >= 15 is 0 Å². The number of aliphatic hydroxyl groups is 1. The van der Waals surface area contributed by atoms with Gasteiger partial charge in [0.15, 0.2) is 0 Å². The average Bonchev–Trinajstić information content (AvgIpc) is 2.78. The molecule has 1 aromatic rings. The van der Waals surface area contributed by atoms with Crippen LogP contribution in [0.25, 0.3) is 0 Å². The normalized spacial score (nSPS) is 27.8. The monoisotopic (exact) mass is 330 g/mol. The molecule has 0 amide bonds. The minimum absolute atomic E-state index is 0.575. The van der Waals surface area contributed by atoms with Gasteiger partial charge in [-0.25, -0.2) is 0 Å². The summed E-state index contributed by atoms with van der Waals surface area (Å²) < 4.78 is 0. The second-order valence-corrected chi connectivity index (χ2v) is 8.87. The highest BCUT2D eigenvalue weighted by Gasteiger charge is 2.42. The fourth-order valence-electron chi connectivity index (χ4n) is 4.78. The second kappa shape index (κ2) is 7.15. The largest absolute Gasteiger partial charge is 0.390 e. The molecule has 3 nitrogen and oxygen atoms in total. The highest BCUT2D eigenvalue weighted by atomic mass is 16.3. The molecule has 1 heterocycles. The van der Waals surface area contributed by atoms with Gasteiger partial charge in [-0.3, -0.25) is 4.90 Å². The summed E-state index contributed by atoms with van der Waals surface area (Å²) in [5.41, 5.74) is 2.17. The van der Waals surface area contributed by atoms with Crippen LogP contribution in [-0.2, 0) is 13.0 Å². The molecule has 1 unspecified atom stereocenters. The molecule has 3 atom stereocenters. The van der Waals surface area contributed by atoms with E-state index in [2.05, 4.69) is 48.2 Å². The Morgan fingerprint density at radius 2 is 1.58 bits per heavy atom. The SMILES string of the molecule is CN(C)C1[C@@H]2CC[C@H]1CN(Cc1ccc(CCC(C)(C)O)cc1)C2. The lowest BCUT2D eigenvalue weighted by molar-refractivity contribution is 0.0712. The molecule has 1 aromatic carbocycles. The number of benzene rings is 1. The van der Waals surface area contributed by atoms with Crippen molar-refractivity contribution in [3.63, 3.8) is 0 Å². The highest BCUT2D eigenvalue weighted by Crippen LogP contribution is 2.39. The molecule has 3 rings (SSSR count). The zero-order chi connectivity index (χ0) is 17.3. The Morgan fingerprint density at radius 1 is 1.04 bits per heavy atom. The second-order valence-electron chi connectivity index (χ2n) is 8.87. The third-order valence-electron chi connectivity index (χ3n) is 5.91. The van der Waals surface area contributed by atoms with Gasteiger partial charge < -0.3 is 10.0 Å². The van der Waals surface area contributed by atoms with E-state index in [9.17, 15) is 5.11 Å². The van der Waals surface area contributed by atoms with Crippen LogP contribution < -0.4 is 0 Å². The van der Waals surface area contributed by atoms with E-state index in [0.29, 0.717) is 0 Å². The van der Waals surface area contributed by atoms with Gasteiger partial charge in [0, 0.05) is 25.7 Å². The first-order valence-corrected chi connectivity index (χ1v) is 9.51. The van der Waals surface area contributed by atoms with Crippen LogP contribution in [0.4, 0.5) is 0 Å². The summed E-state index contributed by atoms with van der Waals surface area (Å²) in [7, 11) is 4.50. The Balaban J connectivity index is 1.54. The summed E-state index contributed by atoms with van der Waals surface area (Å²) in [4.78, 5) is 5.12. The zero-order valence-corrected chi connectivity index (χ0v) is 15.8. The molecule has 1 aliphatic carbocycles. The number of hydrogen-bond donors (Lipinski definition) is 1. The average molecular weight is 331 g/mol. The van der Waals surface area contributed by atoms with Gasteiger partial charge in [0.05, 0.1) is 5.60 Å². The standard InChI is InChI=1S/C21H34N2O/c1-21(2,24)12-11-16-5-7-17(8-6-16)13-23-14-18-9-10-19(15-23)20(18)22(3)4/h5-8,18-20,24H,9-15H2,1-4H3/t18-,19+,20?. The summed E-state index contributed by atoms with van der Waals surface area (Å²) >= 11 is 0. The number of fused-ring (bicyclic) bond motifs is 2. The Bertz CT molecular complexity index is 518. The molecular formula is C21H34N2O. The van der Waals surface area contributed by atoms with E-state index in [1.807, 2.05) is 13.8 Å². The van der Waals surface area contributed by atoms with Crippen molar-refractivity contribution in [2.75, 3.05) is 27.2 Å². The van der Waals surface area contributed by atoms with Crippen LogP contribution in [-0.4, -0.2) is 53.7 Å². The molecule has 3 heteroatoms. The van der Waals surface area contributed by atoms with Crippen molar-refractivity contribution in [1.82, 2.24) is 9.80 Å². The fourth-order valence-corrected chi connectivity index (χ4v) is 4.78. The van der Waals surface area contributed by atoms with Gasteiger partial charge in [-0.05, 0) is 76.6 Å². The van der Waals surface area contributed by atoms with Gasteiger partial charge in [-0.1, -0.05) is 24.3 Å². The smallest absolute Gasteiger partial charge is 0.0594 e. The van der Waals surface area contributed by atoms with Gasteiger partial charge in [-0.2, -0.15) is 0 Å². The molecule has 0 aromatic heterocycles. The Labute approximate surface area is 147 Å². The van der Waals surface area contributed by atoms with Crippen molar-refractivity contribution in [2.45, 2.75) is 57.7 Å². The minimum atomic E-state index is -0.575. The molecule has 2 bridgehead atoms. The van der Waals surface area contributed by atoms with E-state index in [4.69, 9.17) is 0 Å². The predicted molar refractivity (Wildman–Crippen MR) is 100 cm³/mol. The molecule has 1 aliphatic heterocycles. The van der Waals surface area contributed by atoms with Gasteiger partial charge in [0.1, 0.15) is 0 Å². The van der Waals surface area contributed by atoms with Crippen molar-refractivity contribution in [3.05, 3.63) is 35.4 Å². The maximum absolute atomic E-state index is 9.86. The third-order valence-corrected chi connectivity index (χ3v) is 5.91. The molecule has 0 radical (unpaired) electrons. The fraction of sp³-hybridized carbons (Fsp3) is 0.714. The highest BCUT2D eigenvalue weighted by molar-refractivity contribution is 5.23. The first-order chi connectivity index (χ1) is 11.3. The molecule has 134 valence electrons. The molecule has 1 saturated carbocycles. The maximum atomic E-state index is 9.86. The molecule has 1 N–H and O–H groups in total. The Kier molecular flexibility index (Phi) is 5.33. The van der Waals surface area contributed by atoms with Gasteiger partial charge in [0.25, 0.3) is 0 Å². The van der Waals surface area contributed by atoms with E-state index in [1.54, 1.807) is 0 Å². The Hall–Kier alpha value is -0.900. The van der Waals surface area contributed by atoms with Crippen LogP contribution in [0.2, 0.25) is 0 Å². The molecule has 2 fully saturated rings. The van der Waals surface area contributed by atoms with Gasteiger partial charge >= 0.3 is 0 Å². The quantitative estimate of drug-likeness (QED) is 0.868. The maximum Gasteiger partial charge on any atom is 0.0594 e. The molecule has 24 heavy (non-hydrogen) atoms. The van der Waals surface area contributed by atoms with E-state index in [1.165, 1.54) is 37.1 Å². The van der Waals surface area contributed by atoms with Crippen LogP contribution in [0, 0.1) is 11.8 Å². The Morgan fingerprint density at radius 3 is 2.08 bits per heavy atom. The van der Waals surface area contributed by atoms with E-state index in [-0.39, 0.29) is 0 Å². The van der Waals surface area contributed by atoms with E-state index in [0.717, 1.165) is 37.3 Å². The lowest BCUT2D eigenvalue weighted by atomic mass is 9.91. The van der Waals surface area contributed by atoms with Crippen molar-refractivity contribution in [3.8, 4) is 0 Å². The van der Waals surface area contributed by atoms with Crippen LogP contribution >= 0.6 is 0 Å². The van der Waals surface area contributed by atoms with Crippen molar-refractivity contribution >= 4 is 0 Å². The minimum Gasteiger partial charge on any atom is -0.390 e. The summed E-state index contributed by atoms with van der Waals surface area (Å²) in [6.07, 6.45) is 4.57. The number of hydrogen-bond acceptors (Lipinski definition) is 3. The topological polar surface area (TPSA) is 26.7 Å². The zero-order valence-electron chi connectivity index (χ0n) is 15.8. The van der Waals surface area contributed by atoms with Crippen molar-refractivity contribution in [2.24, 2.45) is 11.8 Å². The van der Waals surface area contributed by atoms with Crippen LogP contribution in [0.5, 0.6) is 0 Å². The molecule has 2 aliphatic rings. The number of piperidine rings is 1. The van der Waals surface area contributed by atoms with Crippen LogP contribution in [0.1, 0.15) is 44.2 Å². The van der Waals surface area contributed by atoms with Crippen LogP contribution in [0.3, 0.4) is 0 Å². The molecule has 0 spiro atoms. The first kappa shape index (κ1) is 17.9. The number of aryl methyl sites for hydroxylation is 1. The lowest BCUT2D eigenvalue weighted by Crippen LogP contribution is -2.50. The van der Waals surface area contributed by atoms with E-state index < -0.39 is 5.60 Å². The molecular weight excluding hydrogens is 296 g/mol. The number of rotatable bonds is 6. The first-order valence-electron chi connectivity index (χ1n) is 9.51. The summed E-state index contributed by atoms with van der Waals surface area (Å²) in [5, 5.41) is 9.86. The predicted octanol–water partition coefficient (Wildman–Crippen LogP) is 3.16.